The summed E-state index contributed by atoms with van der Waals surface area (Å²) in [5.74, 6) is 0.890. The third-order valence-corrected chi connectivity index (χ3v) is 2.84. The number of nitrogens with one attached hydrogen (secondary N) is 2. The first-order valence-corrected chi connectivity index (χ1v) is 5.87. The standard InChI is InChI=1S/C11H17N5O/c12-11(17)14-6-5-13-10-8-3-1-2-4-9(8)15-7-16-10/h7H,1-6H2,(H3,12,14,17)(H,13,15,16). The minimum absolute atomic E-state index is 0.494. The number of hydrogen-bond donors (Lipinski definition) is 3. The number of fused-ring (bicyclic) bond motifs is 1. The van der Waals surface area contributed by atoms with E-state index in [0.717, 1.165) is 24.4 Å². The molecule has 1 aromatic heterocycles. The van der Waals surface area contributed by atoms with E-state index < -0.39 is 6.03 Å². The highest BCUT2D eigenvalue weighted by Gasteiger charge is 2.14. The Balaban J connectivity index is 1.94. The lowest BCUT2D eigenvalue weighted by atomic mass is 9.96. The molecule has 1 aromatic rings. The Bertz CT molecular complexity index is 407. The maximum absolute atomic E-state index is 10.5. The number of aryl methyl sites for hydroxylation is 1. The van der Waals surface area contributed by atoms with Crippen molar-refractivity contribution in [3.05, 3.63) is 17.6 Å². The molecule has 0 aromatic carbocycles. The largest absolute Gasteiger partial charge is 0.368 e. The van der Waals surface area contributed by atoms with Crippen molar-refractivity contribution in [3.8, 4) is 0 Å². The Morgan fingerprint density at radius 3 is 2.94 bits per heavy atom. The summed E-state index contributed by atoms with van der Waals surface area (Å²) >= 11 is 0. The van der Waals surface area contributed by atoms with Crippen LogP contribution in [0.1, 0.15) is 24.1 Å². The van der Waals surface area contributed by atoms with Gasteiger partial charge in [0.05, 0.1) is 0 Å². The van der Waals surface area contributed by atoms with Crippen LogP contribution in [0.15, 0.2) is 6.33 Å². The Morgan fingerprint density at radius 2 is 2.12 bits per heavy atom. The zero-order valence-corrected chi connectivity index (χ0v) is 9.70. The summed E-state index contributed by atoms with van der Waals surface area (Å²) in [5, 5.41) is 5.74. The highest BCUT2D eigenvalue weighted by atomic mass is 16.2. The molecule has 1 heterocycles. The molecule has 1 aliphatic carbocycles. The molecule has 0 saturated carbocycles. The van der Waals surface area contributed by atoms with Crippen LogP contribution in [0.3, 0.4) is 0 Å². The van der Waals surface area contributed by atoms with Crippen molar-refractivity contribution in [2.24, 2.45) is 5.73 Å². The minimum Gasteiger partial charge on any atom is -0.368 e. The van der Waals surface area contributed by atoms with Gasteiger partial charge in [0.15, 0.2) is 0 Å². The lowest BCUT2D eigenvalue weighted by molar-refractivity contribution is 0.249. The van der Waals surface area contributed by atoms with E-state index in [0.29, 0.717) is 13.1 Å². The fraction of sp³-hybridized carbons (Fsp3) is 0.545. The molecule has 6 heteroatoms. The number of rotatable bonds is 4. The SMILES string of the molecule is NC(=O)NCCNc1ncnc2c1CCCC2. The second-order valence-electron chi connectivity index (χ2n) is 4.07. The molecule has 0 spiro atoms. The van der Waals surface area contributed by atoms with E-state index in [1.165, 1.54) is 18.4 Å². The molecule has 0 radical (unpaired) electrons. The van der Waals surface area contributed by atoms with Crippen LogP contribution in [-0.2, 0) is 12.8 Å². The van der Waals surface area contributed by atoms with E-state index in [2.05, 4.69) is 20.6 Å². The van der Waals surface area contributed by atoms with Crippen LogP contribution in [-0.4, -0.2) is 29.1 Å². The van der Waals surface area contributed by atoms with Gasteiger partial charge in [0.25, 0.3) is 0 Å². The van der Waals surface area contributed by atoms with E-state index in [1.807, 2.05) is 0 Å². The van der Waals surface area contributed by atoms with Gasteiger partial charge in [-0.1, -0.05) is 0 Å². The van der Waals surface area contributed by atoms with Crippen molar-refractivity contribution in [1.29, 1.82) is 0 Å². The van der Waals surface area contributed by atoms with Crippen molar-refractivity contribution in [3.63, 3.8) is 0 Å². The molecule has 1 aliphatic rings. The van der Waals surface area contributed by atoms with Crippen LogP contribution in [0.2, 0.25) is 0 Å². The maximum atomic E-state index is 10.5. The van der Waals surface area contributed by atoms with Crippen molar-refractivity contribution in [1.82, 2.24) is 15.3 Å². The normalized spacial score (nSPS) is 13.9. The van der Waals surface area contributed by atoms with Crippen LogP contribution in [0.25, 0.3) is 0 Å². The third kappa shape index (κ3) is 3.05. The van der Waals surface area contributed by atoms with Crippen molar-refractivity contribution < 1.29 is 4.79 Å². The Hall–Kier alpha value is -1.85. The molecule has 0 bridgehead atoms. The van der Waals surface area contributed by atoms with Gasteiger partial charge in [0.1, 0.15) is 12.1 Å². The van der Waals surface area contributed by atoms with E-state index in [1.54, 1.807) is 6.33 Å². The number of anilines is 1. The van der Waals surface area contributed by atoms with Crippen LogP contribution >= 0.6 is 0 Å². The van der Waals surface area contributed by atoms with E-state index in [-0.39, 0.29) is 0 Å². The van der Waals surface area contributed by atoms with Gasteiger partial charge in [-0.25, -0.2) is 14.8 Å². The number of aromatic nitrogens is 2. The summed E-state index contributed by atoms with van der Waals surface area (Å²) in [7, 11) is 0. The van der Waals surface area contributed by atoms with Gasteiger partial charge in [-0.15, -0.1) is 0 Å². The molecule has 0 saturated heterocycles. The summed E-state index contributed by atoms with van der Waals surface area (Å²) in [6, 6.07) is -0.503. The lowest BCUT2D eigenvalue weighted by Gasteiger charge is -2.17. The van der Waals surface area contributed by atoms with Crippen LogP contribution in [0, 0.1) is 0 Å². The van der Waals surface area contributed by atoms with E-state index in [9.17, 15) is 4.79 Å². The molecule has 0 aliphatic heterocycles. The number of nitrogens with zero attached hydrogens (tertiary/aromatic N) is 2. The second-order valence-corrected chi connectivity index (χ2v) is 4.07. The average Bonchev–Trinajstić information content (AvgIpc) is 2.34. The summed E-state index contributed by atoms with van der Waals surface area (Å²) in [5.41, 5.74) is 7.35. The fourth-order valence-corrected chi connectivity index (χ4v) is 2.04. The Labute approximate surface area is 100 Å². The predicted molar refractivity (Wildman–Crippen MR) is 64.7 cm³/mol. The van der Waals surface area contributed by atoms with Crippen molar-refractivity contribution in [2.75, 3.05) is 18.4 Å². The number of carbonyl (C=O) groups excluding carboxylic acids is 1. The number of nitrogens with two attached hydrogens (primary N) is 1. The first-order valence-electron chi connectivity index (χ1n) is 5.87. The first kappa shape index (κ1) is 11.6. The number of primary amides is 1. The zero-order chi connectivity index (χ0) is 12.1. The van der Waals surface area contributed by atoms with Gasteiger partial charge >= 0.3 is 6.03 Å². The second kappa shape index (κ2) is 5.47. The third-order valence-electron chi connectivity index (χ3n) is 2.84. The molecule has 92 valence electrons. The van der Waals surface area contributed by atoms with Gasteiger partial charge in [-0.05, 0) is 25.7 Å². The van der Waals surface area contributed by atoms with Gasteiger partial charge in [-0.3, -0.25) is 0 Å². The van der Waals surface area contributed by atoms with Gasteiger partial charge in [0, 0.05) is 24.3 Å². The molecule has 0 fully saturated rings. The monoisotopic (exact) mass is 235 g/mol. The molecule has 0 atom stereocenters. The van der Waals surface area contributed by atoms with Crippen molar-refractivity contribution in [2.45, 2.75) is 25.7 Å². The molecule has 4 N–H and O–H groups in total. The fourth-order valence-electron chi connectivity index (χ4n) is 2.04. The number of carbonyl (C=O) groups is 1. The molecular formula is C11H17N5O. The molecule has 2 rings (SSSR count). The molecule has 17 heavy (non-hydrogen) atoms. The van der Waals surface area contributed by atoms with Gasteiger partial charge in [-0.2, -0.15) is 0 Å². The highest BCUT2D eigenvalue weighted by molar-refractivity contribution is 5.71. The van der Waals surface area contributed by atoms with E-state index in [4.69, 9.17) is 5.73 Å². The Morgan fingerprint density at radius 1 is 1.29 bits per heavy atom. The molecule has 2 amide bonds. The quantitative estimate of drug-likeness (QED) is 0.660. The molecular weight excluding hydrogens is 218 g/mol. The lowest BCUT2D eigenvalue weighted by Crippen LogP contribution is -2.33. The summed E-state index contributed by atoms with van der Waals surface area (Å²) < 4.78 is 0. The predicted octanol–water partition coefficient (Wildman–Crippen LogP) is 0.436. The van der Waals surface area contributed by atoms with Crippen molar-refractivity contribution >= 4 is 11.8 Å². The van der Waals surface area contributed by atoms with Gasteiger partial charge in [0.2, 0.25) is 0 Å². The number of urea groups is 1. The highest BCUT2D eigenvalue weighted by Crippen LogP contribution is 2.23. The zero-order valence-electron chi connectivity index (χ0n) is 9.70. The average molecular weight is 235 g/mol. The summed E-state index contributed by atoms with van der Waals surface area (Å²) in [6.07, 6.45) is 6.04. The summed E-state index contributed by atoms with van der Waals surface area (Å²) in [6.45, 7) is 1.11. The topological polar surface area (TPSA) is 92.9 Å². The number of amides is 2. The minimum atomic E-state index is -0.503. The van der Waals surface area contributed by atoms with Crippen LogP contribution < -0.4 is 16.4 Å². The first-order chi connectivity index (χ1) is 8.27. The van der Waals surface area contributed by atoms with Crippen LogP contribution in [0.4, 0.5) is 10.6 Å². The smallest absolute Gasteiger partial charge is 0.312 e. The Kier molecular flexibility index (Phi) is 3.74. The number of hydrogen-bond acceptors (Lipinski definition) is 4. The van der Waals surface area contributed by atoms with E-state index >= 15 is 0 Å². The summed E-state index contributed by atoms with van der Waals surface area (Å²) in [4.78, 5) is 19.0. The molecule has 0 unspecified atom stereocenters. The maximum Gasteiger partial charge on any atom is 0.312 e. The molecule has 6 nitrogen and oxygen atoms in total. The van der Waals surface area contributed by atoms with Gasteiger partial charge < -0.3 is 16.4 Å². The van der Waals surface area contributed by atoms with Crippen LogP contribution in [0.5, 0.6) is 0 Å².